The first-order valence-corrected chi connectivity index (χ1v) is 9.94. The molecule has 0 aliphatic rings. The molecule has 0 fully saturated rings. The van der Waals surface area contributed by atoms with Gasteiger partial charge in [-0.3, -0.25) is 0 Å². The molecule has 0 saturated carbocycles. The molecule has 5 nitrogen and oxygen atoms in total. The topological polar surface area (TPSA) is 61.5 Å². The lowest BCUT2D eigenvalue weighted by molar-refractivity contribution is 0.477. The zero-order valence-electron chi connectivity index (χ0n) is 17.3. The van der Waals surface area contributed by atoms with E-state index in [4.69, 9.17) is 4.74 Å². The van der Waals surface area contributed by atoms with Crippen LogP contribution < -0.4 is 4.74 Å². The van der Waals surface area contributed by atoms with Gasteiger partial charge >= 0.3 is 0 Å². The van der Waals surface area contributed by atoms with Gasteiger partial charge in [0.25, 0.3) is 0 Å². The van der Waals surface area contributed by atoms with E-state index in [1.807, 2.05) is 44.3 Å². The molecule has 0 unspecified atom stereocenters. The van der Waals surface area contributed by atoms with E-state index in [2.05, 4.69) is 43.1 Å². The highest BCUT2D eigenvalue weighted by molar-refractivity contribution is 7.08. The molecular formula is C21H28N4OS. The Labute approximate surface area is 166 Å². The van der Waals surface area contributed by atoms with Gasteiger partial charge in [0.2, 0.25) is 5.06 Å². The molecule has 0 bridgehead atoms. The van der Waals surface area contributed by atoms with Crippen molar-refractivity contribution >= 4 is 23.6 Å². The quantitative estimate of drug-likeness (QED) is 0.452. The normalized spacial score (nSPS) is 11.6. The predicted molar refractivity (Wildman–Crippen MR) is 113 cm³/mol. The first-order chi connectivity index (χ1) is 12.7. The van der Waals surface area contributed by atoms with Crippen LogP contribution in [0.2, 0.25) is 0 Å². The maximum atomic E-state index is 9.65. The molecule has 0 aliphatic carbocycles. The molecular weight excluding hydrogens is 356 g/mol. The van der Waals surface area contributed by atoms with E-state index in [1.54, 1.807) is 0 Å². The molecule has 2 aromatic rings. The fourth-order valence-corrected chi connectivity index (χ4v) is 3.31. The summed E-state index contributed by atoms with van der Waals surface area (Å²) in [6, 6.07) is 6.26. The van der Waals surface area contributed by atoms with Gasteiger partial charge < -0.3 is 9.64 Å². The van der Waals surface area contributed by atoms with Crippen molar-refractivity contribution in [2.75, 3.05) is 13.6 Å². The van der Waals surface area contributed by atoms with Crippen LogP contribution in [-0.4, -0.2) is 29.2 Å². The summed E-state index contributed by atoms with van der Waals surface area (Å²) in [5, 5.41) is 10.2. The lowest BCUT2D eigenvalue weighted by atomic mass is 9.84. The highest BCUT2D eigenvalue weighted by Gasteiger charge is 2.28. The van der Waals surface area contributed by atoms with Crippen LogP contribution in [-0.2, 0) is 5.41 Å². The van der Waals surface area contributed by atoms with Crippen LogP contribution >= 0.6 is 11.5 Å². The second kappa shape index (κ2) is 8.53. The number of aliphatic imine (C=N–C) groups is 1. The molecule has 27 heavy (non-hydrogen) atoms. The number of hydrogen-bond donors (Lipinski definition) is 0. The van der Waals surface area contributed by atoms with Gasteiger partial charge in [0.15, 0.2) is 0 Å². The molecule has 2 rings (SSSR count). The zero-order valence-corrected chi connectivity index (χ0v) is 18.1. The summed E-state index contributed by atoms with van der Waals surface area (Å²) in [6.45, 7) is 13.3. The van der Waals surface area contributed by atoms with Crippen molar-refractivity contribution < 1.29 is 4.74 Å². The van der Waals surface area contributed by atoms with Gasteiger partial charge in [0.1, 0.15) is 17.4 Å². The van der Waals surface area contributed by atoms with Crippen molar-refractivity contribution in [3.8, 4) is 16.9 Å². The van der Waals surface area contributed by atoms with Crippen molar-refractivity contribution in [2.24, 2.45) is 4.99 Å². The number of hydrogen-bond acceptors (Lipinski definition) is 5. The molecule has 6 heteroatoms. The minimum absolute atomic E-state index is 0.155. The zero-order chi connectivity index (χ0) is 20.2. The van der Waals surface area contributed by atoms with Gasteiger partial charge in [-0.05, 0) is 50.5 Å². The van der Waals surface area contributed by atoms with E-state index in [1.165, 1.54) is 11.5 Å². The second-order valence-corrected chi connectivity index (χ2v) is 8.10. The summed E-state index contributed by atoms with van der Waals surface area (Å²) in [6.07, 6.45) is 2.74. The van der Waals surface area contributed by atoms with E-state index in [0.717, 1.165) is 41.2 Å². The average molecular weight is 385 g/mol. The van der Waals surface area contributed by atoms with Gasteiger partial charge in [-0.15, -0.1) is 0 Å². The number of ether oxygens (including phenoxy) is 1. The Kier molecular flexibility index (Phi) is 6.61. The molecule has 1 aromatic heterocycles. The molecule has 144 valence electrons. The van der Waals surface area contributed by atoms with E-state index in [0.29, 0.717) is 10.6 Å². The molecule has 0 amide bonds. The fraction of sp³-hybridized carbons (Fsp3) is 0.476. The van der Waals surface area contributed by atoms with Crippen molar-refractivity contribution in [3.63, 3.8) is 0 Å². The predicted octanol–water partition coefficient (Wildman–Crippen LogP) is 5.72. The third-order valence-corrected chi connectivity index (χ3v) is 5.61. The fourth-order valence-electron chi connectivity index (χ4n) is 2.44. The third kappa shape index (κ3) is 4.67. The van der Waals surface area contributed by atoms with Crippen LogP contribution in [0.3, 0.4) is 0 Å². The average Bonchev–Trinajstić information content (AvgIpc) is 3.06. The van der Waals surface area contributed by atoms with Crippen LogP contribution in [0.25, 0.3) is 0 Å². The van der Waals surface area contributed by atoms with Gasteiger partial charge in [-0.1, -0.05) is 20.8 Å². The molecule has 0 aliphatic heterocycles. The number of nitrogens with zero attached hydrogens (tertiary/aromatic N) is 4. The summed E-state index contributed by atoms with van der Waals surface area (Å²) in [5.74, 6) is 0.733. The molecule has 0 spiro atoms. The molecule has 0 N–H and O–H groups in total. The number of aryl methyl sites for hydroxylation is 2. The van der Waals surface area contributed by atoms with Crippen molar-refractivity contribution in [2.45, 2.75) is 53.4 Å². The van der Waals surface area contributed by atoms with E-state index >= 15 is 0 Å². The standard InChI is InChI=1S/C21H28N4OS/c1-8-21(5,6)19-16(12-22)20(27-24-19)26-18-11-14(3)17(10-15(18)4)23-13-25(7)9-2/h10-11,13H,8-9H2,1-7H3. The maximum absolute atomic E-state index is 9.65. The third-order valence-electron chi connectivity index (χ3n) is 4.89. The Bertz CT molecular complexity index is 877. The van der Waals surface area contributed by atoms with Crippen molar-refractivity contribution in [1.82, 2.24) is 9.27 Å². The Morgan fingerprint density at radius 2 is 2.00 bits per heavy atom. The Morgan fingerprint density at radius 1 is 1.30 bits per heavy atom. The van der Waals surface area contributed by atoms with Crippen molar-refractivity contribution in [3.05, 3.63) is 34.5 Å². The van der Waals surface area contributed by atoms with Gasteiger partial charge in [0, 0.05) is 30.5 Å². The first kappa shape index (κ1) is 20.9. The summed E-state index contributed by atoms with van der Waals surface area (Å²) >= 11 is 1.24. The highest BCUT2D eigenvalue weighted by Crippen LogP contribution is 2.40. The SMILES string of the molecule is CCN(C)C=Nc1cc(C)c(Oc2snc(C(C)(C)CC)c2C#N)cc1C. The summed E-state index contributed by atoms with van der Waals surface area (Å²) in [4.78, 5) is 6.57. The summed E-state index contributed by atoms with van der Waals surface area (Å²) < 4.78 is 10.6. The minimum Gasteiger partial charge on any atom is -0.443 e. The lowest BCUT2D eigenvalue weighted by Crippen LogP contribution is -2.17. The minimum atomic E-state index is -0.155. The number of benzene rings is 1. The summed E-state index contributed by atoms with van der Waals surface area (Å²) in [7, 11) is 1.99. The molecule has 1 heterocycles. The summed E-state index contributed by atoms with van der Waals surface area (Å²) in [5.41, 5.74) is 4.10. The molecule has 0 atom stereocenters. The second-order valence-electron chi connectivity index (χ2n) is 7.37. The van der Waals surface area contributed by atoms with E-state index in [9.17, 15) is 5.26 Å². The molecule has 0 radical (unpaired) electrons. The highest BCUT2D eigenvalue weighted by atomic mass is 32.1. The molecule has 1 aromatic carbocycles. The first-order valence-electron chi connectivity index (χ1n) is 9.17. The van der Waals surface area contributed by atoms with Crippen LogP contribution in [0.4, 0.5) is 5.69 Å². The number of rotatable bonds is 7. The van der Waals surface area contributed by atoms with Crippen LogP contribution in [0.5, 0.6) is 10.8 Å². The lowest BCUT2D eigenvalue weighted by Gasteiger charge is -2.20. The van der Waals surface area contributed by atoms with E-state index < -0.39 is 0 Å². The van der Waals surface area contributed by atoms with Crippen LogP contribution in [0.15, 0.2) is 17.1 Å². The Hall–Kier alpha value is -2.39. The van der Waals surface area contributed by atoms with Crippen LogP contribution in [0.1, 0.15) is 56.5 Å². The smallest absolute Gasteiger partial charge is 0.218 e. The largest absolute Gasteiger partial charge is 0.443 e. The monoisotopic (exact) mass is 384 g/mol. The maximum Gasteiger partial charge on any atom is 0.218 e. The van der Waals surface area contributed by atoms with Gasteiger partial charge in [-0.25, -0.2) is 4.99 Å². The Balaban J connectivity index is 2.35. The molecule has 0 saturated heterocycles. The van der Waals surface area contributed by atoms with Crippen LogP contribution in [0, 0.1) is 25.2 Å². The van der Waals surface area contributed by atoms with E-state index in [-0.39, 0.29) is 5.41 Å². The number of nitriles is 1. The van der Waals surface area contributed by atoms with Gasteiger partial charge in [-0.2, -0.15) is 9.64 Å². The van der Waals surface area contributed by atoms with Gasteiger partial charge in [0.05, 0.1) is 17.7 Å². The van der Waals surface area contributed by atoms with Crippen molar-refractivity contribution in [1.29, 1.82) is 5.26 Å². The number of aromatic nitrogens is 1. The Morgan fingerprint density at radius 3 is 2.59 bits per heavy atom.